The Morgan fingerprint density at radius 2 is 0.565 bits per heavy atom. The number of fused-ring (bicyclic) bond motifs is 3. The van der Waals surface area contributed by atoms with Crippen LogP contribution in [0.5, 0.6) is 0 Å². The molecule has 12 aromatic carbocycles. The molecule has 0 spiro atoms. The fourth-order valence-electron chi connectivity index (χ4n) is 10.2. The first-order chi connectivity index (χ1) is 34.2. The van der Waals surface area contributed by atoms with Crippen molar-refractivity contribution in [3.63, 3.8) is 0 Å². The van der Waals surface area contributed by atoms with E-state index in [-0.39, 0.29) is 0 Å². The Bertz CT molecular complexity index is 3660. The second-order valence-corrected chi connectivity index (χ2v) is 17.6. The molecule has 0 amide bonds. The minimum Gasteiger partial charge on any atom is -0.310 e. The Kier molecular flexibility index (Phi) is 11.0. The van der Waals surface area contributed by atoms with Gasteiger partial charge in [0.05, 0.1) is 0 Å². The lowest BCUT2D eigenvalue weighted by atomic mass is 9.84. The third-order valence-corrected chi connectivity index (χ3v) is 13.4. The summed E-state index contributed by atoms with van der Waals surface area (Å²) in [5.41, 5.74) is 19.9. The van der Waals surface area contributed by atoms with Crippen LogP contribution in [0.1, 0.15) is 0 Å². The van der Waals surface area contributed by atoms with Crippen LogP contribution in [0.15, 0.2) is 285 Å². The van der Waals surface area contributed by atoms with E-state index < -0.39 is 0 Å². The minimum absolute atomic E-state index is 1.07. The highest BCUT2D eigenvalue weighted by Crippen LogP contribution is 2.47. The van der Waals surface area contributed by atoms with Crippen molar-refractivity contribution in [2.45, 2.75) is 0 Å². The van der Waals surface area contributed by atoms with Gasteiger partial charge in [0.2, 0.25) is 0 Å². The molecule has 0 aliphatic carbocycles. The summed E-state index contributed by atoms with van der Waals surface area (Å²) in [6.07, 6.45) is 0. The van der Waals surface area contributed by atoms with E-state index in [4.69, 9.17) is 0 Å². The molecule has 12 rings (SSSR count). The maximum atomic E-state index is 2.43. The van der Waals surface area contributed by atoms with Gasteiger partial charge in [-0.15, -0.1) is 0 Å². The van der Waals surface area contributed by atoms with Crippen LogP contribution < -0.4 is 4.90 Å². The smallest absolute Gasteiger partial charge is 0.0473 e. The zero-order valence-corrected chi connectivity index (χ0v) is 38.1. The van der Waals surface area contributed by atoms with Crippen LogP contribution in [0.4, 0.5) is 17.1 Å². The average Bonchev–Trinajstić information content (AvgIpc) is 3.44. The first-order valence-corrected chi connectivity index (χ1v) is 23.7. The van der Waals surface area contributed by atoms with Crippen molar-refractivity contribution in [3.05, 3.63) is 285 Å². The first-order valence-electron chi connectivity index (χ1n) is 23.7. The molecule has 0 bridgehead atoms. The molecule has 0 fully saturated rings. The van der Waals surface area contributed by atoms with Crippen LogP contribution >= 0.6 is 0 Å². The van der Waals surface area contributed by atoms with Gasteiger partial charge in [0.1, 0.15) is 0 Å². The van der Waals surface area contributed by atoms with Gasteiger partial charge in [0.25, 0.3) is 0 Å². The van der Waals surface area contributed by atoms with Gasteiger partial charge in [0, 0.05) is 17.1 Å². The van der Waals surface area contributed by atoms with Crippen LogP contribution in [0, 0.1) is 0 Å². The maximum Gasteiger partial charge on any atom is 0.0473 e. The van der Waals surface area contributed by atoms with Gasteiger partial charge in [-0.25, -0.2) is 0 Å². The van der Waals surface area contributed by atoms with E-state index in [1.807, 2.05) is 0 Å². The van der Waals surface area contributed by atoms with Gasteiger partial charge >= 0.3 is 0 Å². The van der Waals surface area contributed by atoms with E-state index in [0.29, 0.717) is 0 Å². The quantitative estimate of drug-likeness (QED) is 0.124. The van der Waals surface area contributed by atoms with Crippen molar-refractivity contribution in [2.24, 2.45) is 0 Å². The van der Waals surface area contributed by atoms with Crippen molar-refractivity contribution in [2.75, 3.05) is 4.90 Å². The molecule has 12 aromatic rings. The molecule has 0 aromatic heterocycles. The molecule has 1 nitrogen and oxygen atoms in total. The lowest BCUT2D eigenvalue weighted by Gasteiger charge is -2.28. The molecule has 0 unspecified atom stereocenters. The number of rotatable bonds is 10. The molecule has 0 heterocycles. The molecule has 324 valence electrons. The zero-order chi connectivity index (χ0) is 45.9. The van der Waals surface area contributed by atoms with Gasteiger partial charge in [0.15, 0.2) is 0 Å². The van der Waals surface area contributed by atoms with Crippen LogP contribution in [0.3, 0.4) is 0 Å². The van der Waals surface area contributed by atoms with Crippen LogP contribution in [-0.4, -0.2) is 0 Å². The number of nitrogens with zero attached hydrogens (tertiary/aromatic N) is 1. The molecule has 0 aliphatic rings. The molecule has 0 atom stereocenters. The zero-order valence-electron chi connectivity index (χ0n) is 38.1. The topological polar surface area (TPSA) is 3.24 Å². The fourth-order valence-corrected chi connectivity index (χ4v) is 10.2. The molecule has 0 radical (unpaired) electrons. The summed E-state index contributed by atoms with van der Waals surface area (Å²) in [5, 5.41) is 4.98. The van der Waals surface area contributed by atoms with E-state index in [2.05, 4.69) is 290 Å². The molecule has 0 aliphatic heterocycles. The highest BCUT2D eigenvalue weighted by Gasteiger charge is 2.21. The summed E-state index contributed by atoms with van der Waals surface area (Å²) in [5.74, 6) is 0. The van der Waals surface area contributed by atoms with E-state index in [1.165, 1.54) is 82.7 Å². The normalized spacial score (nSPS) is 11.2. The van der Waals surface area contributed by atoms with Crippen molar-refractivity contribution < 1.29 is 0 Å². The Morgan fingerprint density at radius 1 is 0.174 bits per heavy atom. The van der Waals surface area contributed by atoms with Crippen molar-refractivity contribution >= 4 is 38.6 Å². The van der Waals surface area contributed by atoms with Gasteiger partial charge in [-0.3, -0.25) is 0 Å². The third-order valence-electron chi connectivity index (χ3n) is 13.4. The van der Waals surface area contributed by atoms with Crippen LogP contribution in [-0.2, 0) is 0 Å². The van der Waals surface area contributed by atoms with Gasteiger partial charge in [-0.1, -0.05) is 237 Å². The summed E-state index contributed by atoms with van der Waals surface area (Å²) in [6.45, 7) is 0. The van der Waals surface area contributed by atoms with Gasteiger partial charge in [-0.2, -0.15) is 0 Å². The lowest BCUT2D eigenvalue weighted by molar-refractivity contribution is 1.28. The Hall–Kier alpha value is -9.04. The SMILES string of the molecule is c1ccc(-c2cc(-c3ccccc3)cc(N(c3ccc(-c4ccc5c(-c6ccccc6)c(-c6ccccc6)c6ccccc6c5c4)cc3)c3ccc(-c4ccccc4)c(-c4ccccc4)c3)c2)cc1. The van der Waals surface area contributed by atoms with Gasteiger partial charge < -0.3 is 4.90 Å². The number of hydrogen-bond acceptors (Lipinski definition) is 1. The van der Waals surface area contributed by atoms with Crippen molar-refractivity contribution in [3.8, 4) is 77.9 Å². The van der Waals surface area contributed by atoms with Crippen LogP contribution in [0.2, 0.25) is 0 Å². The van der Waals surface area contributed by atoms with Crippen LogP contribution in [0.25, 0.3) is 99.4 Å². The number of benzene rings is 12. The predicted molar refractivity (Wildman–Crippen MR) is 294 cm³/mol. The molecular formula is C68H47N. The largest absolute Gasteiger partial charge is 0.310 e. The first kappa shape index (κ1) is 41.4. The highest BCUT2D eigenvalue weighted by atomic mass is 15.1. The fraction of sp³-hybridized carbons (Fsp3) is 0. The molecule has 0 saturated carbocycles. The second kappa shape index (κ2) is 18.3. The highest BCUT2D eigenvalue weighted by molar-refractivity contribution is 6.22. The molecular weight excluding hydrogens is 831 g/mol. The number of hydrogen-bond donors (Lipinski definition) is 0. The average molecular weight is 878 g/mol. The molecule has 0 saturated heterocycles. The summed E-state index contributed by atoms with van der Waals surface area (Å²) in [7, 11) is 0. The Morgan fingerprint density at radius 3 is 1.09 bits per heavy atom. The van der Waals surface area contributed by atoms with Gasteiger partial charge in [-0.05, 0) is 148 Å². The minimum atomic E-state index is 1.07. The summed E-state index contributed by atoms with van der Waals surface area (Å²) >= 11 is 0. The third kappa shape index (κ3) is 8.07. The maximum absolute atomic E-state index is 2.43. The lowest BCUT2D eigenvalue weighted by Crippen LogP contribution is -2.11. The summed E-state index contributed by atoms with van der Waals surface area (Å²) < 4.78 is 0. The van der Waals surface area contributed by atoms with Crippen molar-refractivity contribution in [1.29, 1.82) is 0 Å². The van der Waals surface area contributed by atoms with E-state index in [9.17, 15) is 0 Å². The Balaban J connectivity index is 1.04. The summed E-state index contributed by atoms with van der Waals surface area (Å²) in [6, 6.07) is 104. The monoisotopic (exact) mass is 877 g/mol. The summed E-state index contributed by atoms with van der Waals surface area (Å²) in [4.78, 5) is 2.43. The molecule has 69 heavy (non-hydrogen) atoms. The van der Waals surface area contributed by atoms with E-state index in [1.54, 1.807) is 0 Å². The van der Waals surface area contributed by atoms with Crippen molar-refractivity contribution in [1.82, 2.24) is 0 Å². The standard InChI is InChI=1S/C68H47N/c1-7-21-48(22-8-1)56-43-57(49-23-9-2-10-24-49)45-60(44-56)69(59-40-42-61(51-25-11-3-12-26-51)65(47-59)52-27-13-4-14-28-52)58-38-35-50(36-39-58)55-37-41-64-66(46-55)62-33-19-20-34-63(62)67(53-29-15-5-16-30-53)68(64)54-31-17-6-18-32-54/h1-47H. The predicted octanol–water partition coefficient (Wildman–Crippen LogP) is 19.1. The number of anilines is 3. The molecule has 0 N–H and O–H groups in total. The van der Waals surface area contributed by atoms with E-state index in [0.717, 1.165) is 33.8 Å². The van der Waals surface area contributed by atoms with E-state index >= 15 is 0 Å². The second-order valence-electron chi connectivity index (χ2n) is 17.6. The molecule has 1 heteroatoms. The Labute approximate surface area is 404 Å².